The highest BCUT2D eigenvalue weighted by atomic mass is 19.4. The monoisotopic (exact) mass is 302 g/mol. The zero-order valence-electron chi connectivity index (χ0n) is 12.7. The standard InChI is InChI=1S/C15H21F3N2O/c1-5-20(4)14(21)11(3)19-10(2)12-6-8-13(9-7-12)15(16,17)18/h6-11,19H,5H2,1-4H3. The van der Waals surface area contributed by atoms with Gasteiger partial charge >= 0.3 is 6.18 Å². The Kier molecular flexibility index (Phi) is 5.78. The minimum Gasteiger partial charge on any atom is -0.345 e. The number of alkyl halides is 3. The third kappa shape index (κ3) is 4.74. The summed E-state index contributed by atoms with van der Waals surface area (Å²) in [6, 6.07) is 4.36. The van der Waals surface area contributed by atoms with E-state index in [4.69, 9.17) is 0 Å². The molecule has 0 aliphatic heterocycles. The van der Waals surface area contributed by atoms with Crippen molar-refractivity contribution in [3.8, 4) is 0 Å². The molecule has 1 aromatic rings. The summed E-state index contributed by atoms with van der Waals surface area (Å²) in [5.74, 6) is -0.0451. The molecule has 0 radical (unpaired) electrons. The summed E-state index contributed by atoms with van der Waals surface area (Å²) in [5.41, 5.74) is 0.0371. The van der Waals surface area contributed by atoms with Crippen LogP contribution in [0.1, 0.15) is 37.9 Å². The van der Waals surface area contributed by atoms with Crippen LogP contribution in [-0.4, -0.2) is 30.4 Å². The fourth-order valence-corrected chi connectivity index (χ4v) is 1.99. The van der Waals surface area contributed by atoms with Gasteiger partial charge in [-0.25, -0.2) is 0 Å². The molecule has 118 valence electrons. The average molecular weight is 302 g/mol. The van der Waals surface area contributed by atoms with Gasteiger partial charge in [0.05, 0.1) is 11.6 Å². The number of carbonyl (C=O) groups excluding carboxylic acids is 1. The second-order valence-corrected chi connectivity index (χ2v) is 5.08. The predicted molar refractivity (Wildman–Crippen MR) is 75.8 cm³/mol. The first kappa shape index (κ1) is 17.5. The number of nitrogens with zero attached hydrogens (tertiary/aromatic N) is 1. The van der Waals surface area contributed by atoms with Crippen molar-refractivity contribution in [3.63, 3.8) is 0 Å². The van der Waals surface area contributed by atoms with E-state index in [0.29, 0.717) is 12.1 Å². The lowest BCUT2D eigenvalue weighted by atomic mass is 10.0. The fourth-order valence-electron chi connectivity index (χ4n) is 1.99. The highest BCUT2D eigenvalue weighted by Crippen LogP contribution is 2.29. The first-order valence-electron chi connectivity index (χ1n) is 6.85. The van der Waals surface area contributed by atoms with Gasteiger partial charge in [0, 0.05) is 19.6 Å². The van der Waals surface area contributed by atoms with Crippen LogP contribution < -0.4 is 5.32 Å². The Morgan fingerprint density at radius 3 is 2.19 bits per heavy atom. The van der Waals surface area contributed by atoms with E-state index in [1.807, 2.05) is 13.8 Å². The second-order valence-electron chi connectivity index (χ2n) is 5.08. The smallest absolute Gasteiger partial charge is 0.345 e. The van der Waals surface area contributed by atoms with Crippen molar-refractivity contribution in [3.05, 3.63) is 35.4 Å². The largest absolute Gasteiger partial charge is 0.416 e. The minimum absolute atomic E-state index is 0.0451. The Morgan fingerprint density at radius 1 is 1.24 bits per heavy atom. The van der Waals surface area contributed by atoms with Crippen LogP contribution in [0.3, 0.4) is 0 Å². The van der Waals surface area contributed by atoms with Crippen LogP contribution in [0.15, 0.2) is 24.3 Å². The van der Waals surface area contributed by atoms with Gasteiger partial charge in [0.1, 0.15) is 0 Å². The van der Waals surface area contributed by atoms with Gasteiger partial charge in [0.25, 0.3) is 0 Å². The van der Waals surface area contributed by atoms with Crippen molar-refractivity contribution in [2.75, 3.05) is 13.6 Å². The molecule has 3 nitrogen and oxygen atoms in total. The summed E-state index contributed by atoms with van der Waals surface area (Å²) in [5, 5.41) is 3.10. The molecule has 1 amide bonds. The Balaban J connectivity index is 2.72. The number of hydrogen-bond acceptors (Lipinski definition) is 2. The van der Waals surface area contributed by atoms with E-state index >= 15 is 0 Å². The lowest BCUT2D eigenvalue weighted by molar-refractivity contribution is -0.137. The summed E-state index contributed by atoms with van der Waals surface area (Å²) >= 11 is 0. The Labute approximate surface area is 123 Å². The maximum Gasteiger partial charge on any atom is 0.416 e. The molecule has 0 bridgehead atoms. The molecule has 1 aromatic carbocycles. The lowest BCUT2D eigenvalue weighted by Gasteiger charge is -2.24. The predicted octanol–water partition coefficient (Wildman–Crippen LogP) is 3.22. The highest BCUT2D eigenvalue weighted by molar-refractivity contribution is 5.81. The van der Waals surface area contributed by atoms with Crippen molar-refractivity contribution in [1.29, 1.82) is 0 Å². The molecule has 0 heterocycles. The average Bonchev–Trinajstić information content (AvgIpc) is 2.44. The number of rotatable bonds is 5. The van der Waals surface area contributed by atoms with Gasteiger partial charge in [-0.3, -0.25) is 10.1 Å². The van der Waals surface area contributed by atoms with Gasteiger partial charge in [-0.05, 0) is 38.5 Å². The Hall–Kier alpha value is -1.56. The third-order valence-electron chi connectivity index (χ3n) is 3.46. The Morgan fingerprint density at radius 2 is 1.76 bits per heavy atom. The van der Waals surface area contributed by atoms with Crippen LogP contribution in [0.5, 0.6) is 0 Å². The number of nitrogens with one attached hydrogen (secondary N) is 1. The molecule has 21 heavy (non-hydrogen) atoms. The van der Waals surface area contributed by atoms with Crippen LogP contribution in [0, 0.1) is 0 Å². The molecule has 2 atom stereocenters. The van der Waals surface area contributed by atoms with Crippen molar-refractivity contribution in [2.24, 2.45) is 0 Å². The molecule has 0 spiro atoms. The lowest BCUT2D eigenvalue weighted by Crippen LogP contribution is -2.43. The van der Waals surface area contributed by atoms with E-state index < -0.39 is 17.8 Å². The fraction of sp³-hybridized carbons (Fsp3) is 0.533. The number of amides is 1. The molecule has 0 aromatic heterocycles. The van der Waals surface area contributed by atoms with Crippen LogP contribution in [0.4, 0.5) is 13.2 Å². The number of hydrogen-bond donors (Lipinski definition) is 1. The van der Waals surface area contributed by atoms with E-state index in [9.17, 15) is 18.0 Å². The van der Waals surface area contributed by atoms with Crippen LogP contribution >= 0.6 is 0 Å². The maximum absolute atomic E-state index is 12.5. The van der Waals surface area contributed by atoms with Crippen LogP contribution in [-0.2, 0) is 11.0 Å². The van der Waals surface area contributed by atoms with E-state index in [2.05, 4.69) is 5.32 Å². The molecule has 0 fully saturated rings. The minimum atomic E-state index is -4.33. The normalized spacial score (nSPS) is 14.6. The molecular weight excluding hydrogens is 281 g/mol. The number of likely N-dealkylation sites (N-methyl/N-ethyl adjacent to an activating group) is 1. The molecule has 0 saturated carbocycles. The van der Waals surface area contributed by atoms with Crippen molar-refractivity contribution < 1.29 is 18.0 Å². The van der Waals surface area contributed by atoms with Crippen LogP contribution in [0.25, 0.3) is 0 Å². The summed E-state index contributed by atoms with van der Waals surface area (Å²) in [7, 11) is 1.71. The van der Waals surface area contributed by atoms with Crippen molar-refractivity contribution in [1.82, 2.24) is 10.2 Å². The second kappa shape index (κ2) is 6.93. The molecule has 0 aliphatic rings. The van der Waals surface area contributed by atoms with Gasteiger partial charge in [-0.15, -0.1) is 0 Å². The van der Waals surface area contributed by atoms with Crippen molar-refractivity contribution in [2.45, 2.75) is 39.0 Å². The first-order valence-corrected chi connectivity index (χ1v) is 6.85. The zero-order valence-corrected chi connectivity index (χ0v) is 12.7. The van der Waals surface area contributed by atoms with Gasteiger partial charge in [0.15, 0.2) is 0 Å². The van der Waals surface area contributed by atoms with E-state index in [-0.39, 0.29) is 11.9 Å². The molecule has 2 unspecified atom stereocenters. The zero-order chi connectivity index (χ0) is 16.2. The summed E-state index contributed by atoms with van der Waals surface area (Å²) in [6.45, 7) is 6.05. The molecule has 0 saturated heterocycles. The maximum atomic E-state index is 12.5. The molecule has 6 heteroatoms. The number of benzene rings is 1. The van der Waals surface area contributed by atoms with Crippen molar-refractivity contribution >= 4 is 5.91 Å². The third-order valence-corrected chi connectivity index (χ3v) is 3.46. The van der Waals surface area contributed by atoms with E-state index in [1.54, 1.807) is 18.9 Å². The SMILES string of the molecule is CCN(C)C(=O)C(C)NC(C)c1ccc(C(F)(F)F)cc1. The molecule has 0 aliphatic carbocycles. The van der Waals surface area contributed by atoms with Gasteiger partial charge in [-0.1, -0.05) is 12.1 Å². The first-order chi connectivity index (χ1) is 9.66. The van der Waals surface area contributed by atoms with Crippen LogP contribution in [0.2, 0.25) is 0 Å². The summed E-state index contributed by atoms with van der Waals surface area (Å²) < 4.78 is 37.5. The number of halogens is 3. The summed E-state index contributed by atoms with van der Waals surface area (Å²) in [4.78, 5) is 13.5. The topological polar surface area (TPSA) is 32.3 Å². The van der Waals surface area contributed by atoms with E-state index in [1.165, 1.54) is 12.1 Å². The molecule has 1 rings (SSSR count). The molecule has 1 N–H and O–H groups in total. The van der Waals surface area contributed by atoms with Gasteiger partial charge in [0.2, 0.25) is 5.91 Å². The van der Waals surface area contributed by atoms with Gasteiger partial charge in [-0.2, -0.15) is 13.2 Å². The van der Waals surface area contributed by atoms with E-state index in [0.717, 1.165) is 12.1 Å². The summed E-state index contributed by atoms with van der Waals surface area (Å²) in [6.07, 6.45) is -4.33. The highest BCUT2D eigenvalue weighted by Gasteiger charge is 2.30. The number of carbonyl (C=O) groups is 1. The molecular formula is C15H21F3N2O. The quantitative estimate of drug-likeness (QED) is 0.905. The van der Waals surface area contributed by atoms with Gasteiger partial charge < -0.3 is 4.90 Å². The Bertz CT molecular complexity index is 471.